The first-order valence-corrected chi connectivity index (χ1v) is 9.65. The average molecular weight is 443 g/mol. The van der Waals surface area contributed by atoms with E-state index < -0.39 is 6.61 Å². The number of hydrogen-bond donors (Lipinski definition) is 0. The Labute approximate surface area is 169 Å². The molecule has 3 aromatic carbocycles. The molecule has 1 aromatic heterocycles. The lowest BCUT2D eigenvalue weighted by atomic mass is 10.1. The van der Waals surface area contributed by atoms with Gasteiger partial charge in [0, 0.05) is 44.6 Å². The second-order valence-corrected chi connectivity index (χ2v) is 7.20. The van der Waals surface area contributed by atoms with Gasteiger partial charge in [0.05, 0.1) is 5.69 Å². The fourth-order valence-electron chi connectivity index (χ4n) is 3.43. The lowest BCUT2D eigenvalue weighted by Crippen LogP contribution is -2.04. The Kier molecular flexibility index (Phi) is 5.13. The van der Waals surface area contributed by atoms with E-state index >= 15 is 0 Å². The van der Waals surface area contributed by atoms with Crippen LogP contribution in [0, 0.1) is 0 Å². The predicted octanol–water partition coefficient (Wildman–Crippen LogP) is 6.93. The number of ether oxygens (including phenoxy) is 1. The Morgan fingerprint density at radius 2 is 1.82 bits per heavy atom. The smallest absolute Gasteiger partial charge is 0.387 e. The molecule has 0 spiro atoms. The number of nitrogens with zero attached hydrogens (tertiary/aromatic N) is 2. The van der Waals surface area contributed by atoms with Gasteiger partial charge >= 0.3 is 6.61 Å². The second-order valence-electron chi connectivity index (χ2n) is 6.28. The number of aromatic nitrogens is 1. The van der Waals surface area contributed by atoms with Crippen LogP contribution in [0.4, 0.5) is 14.5 Å². The molecule has 0 radical (unpaired) electrons. The van der Waals surface area contributed by atoms with E-state index in [1.54, 1.807) is 18.3 Å². The zero-order valence-corrected chi connectivity index (χ0v) is 16.7. The van der Waals surface area contributed by atoms with Crippen molar-refractivity contribution >= 4 is 49.6 Å². The van der Waals surface area contributed by atoms with Gasteiger partial charge < -0.3 is 9.30 Å². The van der Waals surface area contributed by atoms with Crippen LogP contribution in [0.25, 0.3) is 21.8 Å². The molecule has 4 rings (SSSR count). The van der Waals surface area contributed by atoms with E-state index in [1.807, 2.05) is 30.3 Å². The standard InChI is InChI=1S/C22H17BrF2N2O/c1-2-27-19-6-4-3-5-17(19)18-12-16(8-9-20(18)27)26-13-14-11-15(23)7-10-21(14)28-22(24)25/h3-13,22H,2H2,1H3. The van der Waals surface area contributed by atoms with Crippen LogP contribution >= 0.6 is 15.9 Å². The van der Waals surface area contributed by atoms with E-state index in [2.05, 4.69) is 49.3 Å². The van der Waals surface area contributed by atoms with Gasteiger partial charge in [-0.2, -0.15) is 8.78 Å². The fourth-order valence-corrected chi connectivity index (χ4v) is 3.81. The van der Waals surface area contributed by atoms with Crippen molar-refractivity contribution in [2.24, 2.45) is 4.99 Å². The highest BCUT2D eigenvalue weighted by Crippen LogP contribution is 2.32. The Morgan fingerprint density at radius 1 is 1.04 bits per heavy atom. The van der Waals surface area contributed by atoms with Crippen LogP contribution < -0.4 is 4.74 Å². The molecule has 0 saturated heterocycles. The first-order chi connectivity index (χ1) is 13.6. The number of para-hydroxylation sites is 1. The van der Waals surface area contributed by atoms with Gasteiger partial charge in [-0.3, -0.25) is 4.99 Å². The molecule has 0 atom stereocenters. The Bertz CT molecular complexity index is 1180. The van der Waals surface area contributed by atoms with Crippen LogP contribution in [0.3, 0.4) is 0 Å². The maximum absolute atomic E-state index is 12.6. The van der Waals surface area contributed by atoms with Gasteiger partial charge in [0.25, 0.3) is 0 Å². The number of aryl methyl sites for hydroxylation is 1. The Hall–Kier alpha value is -2.73. The minimum Gasteiger partial charge on any atom is -0.434 e. The molecule has 0 saturated carbocycles. The molecule has 0 aliphatic heterocycles. The molecular formula is C22H17BrF2N2O. The highest BCUT2D eigenvalue weighted by atomic mass is 79.9. The zero-order chi connectivity index (χ0) is 19.7. The molecular weight excluding hydrogens is 426 g/mol. The zero-order valence-electron chi connectivity index (χ0n) is 15.1. The van der Waals surface area contributed by atoms with Gasteiger partial charge in [0.1, 0.15) is 5.75 Å². The average Bonchev–Trinajstić information content (AvgIpc) is 3.01. The summed E-state index contributed by atoms with van der Waals surface area (Å²) in [5.41, 5.74) is 3.55. The third kappa shape index (κ3) is 3.52. The van der Waals surface area contributed by atoms with Crippen molar-refractivity contribution in [3.63, 3.8) is 0 Å². The molecule has 6 heteroatoms. The van der Waals surface area contributed by atoms with Gasteiger partial charge in [0.15, 0.2) is 0 Å². The van der Waals surface area contributed by atoms with Gasteiger partial charge in [-0.25, -0.2) is 0 Å². The minimum atomic E-state index is -2.88. The summed E-state index contributed by atoms with van der Waals surface area (Å²) in [5.74, 6) is 0.0885. The first-order valence-electron chi connectivity index (χ1n) is 8.86. The fraction of sp³-hybridized carbons (Fsp3) is 0.136. The summed E-state index contributed by atoms with van der Waals surface area (Å²) >= 11 is 3.35. The largest absolute Gasteiger partial charge is 0.434 e. The van der Waals surface area contributed by atoms with Crippen LogP contribution in [0.5, 0.6) is 5.75 Å². The number of fused-ring (bicyclic) bond motifs is 3. The van der Waals surface area contributed by atoms with Crippen LogP contribution in [0.2, 0.25) is 0 Å². The van der Waals surface area contributed by atoms with Crippen molar-refractivity contribution in [1.29, 1.82) is 0 Å². The molecule has 3 nitrogen and oxygen atoms in total. The Balaban J connectivity index is 1.77. The lowest BCUT2D eigenvalue weighted by Gasteiger charge is -2.08. The summed E-state index contributed by atoms with van der Waals surface area (Å²) in [6.07, 6.45) is 1.54. The molecule has 0 N–H and O–H groups in total. The molecule has 1 heterocycles. The van der Waals surface area contributed by atoms with E-state index in [9.17, 15) is 8.78 Å². The number of aliphatic imine (C=N–C) groups is 1. The highest BCUT2D eigenvalue weighted by Gasteiger charge is 2.11. The minimum absolute atomic E-state index is 0.0885. The third-order valence-electron chi connectivity index (χ3n) is 4.61. The quantitative estimate of drug-likeness (QED) is 0.307. The van der Waals surface area contributed by atoms with E-state index in [1.165, 1.54) is 17.0 Å². The van der Waals surface area contributed by atoms with Crippen molar-refractivity contribution in [3.8, 4) is 5.75 Å². The number of halogens is 3. The normalized spacial score (nSPS) is 11.9. The van der Waals surface area contributed by atoms with E-state index in [4.69, 9.17) is 0 Å². The summed E-state index contributed by atoms with van der Waals surface area (Å²) in [6.45, 7) is 0.110. The van der Waals surface area contributed by atoms with Crippen molar-refractivity contribution in [3.05, 3.63) is 70.7 Å². The number of hydrogen-bond acceptors (Lipinski definition) is 2. The lowest BCUT2D eigenvalue weighted by molar-refractivity contribution is -0.0499. The maximum Gasteiger partial charge on any atom is 0.387 e. The predicted molar refractivity (Wildman–Crippen MR) is 113 cm³/mol. The van der Waals surface area contributed by atoms with Crippen molar-refractivity contribution in [1.82, 2.24) is 4.57 Å². The number of rotatable bonds is 5. The second kappa shape index (κ2) is 7.72. The highest BCUT2D eigenvalue weighted by molar-refractivity contribution is 9.10. The van der Waals surface area contributed by atoms with Gasteiger partial charge in [-0.05, 0) is 49.4 Å². The summed E-state index contributed by atoms with van der Waals surface area (Å²) in [5, 5.41) is 2.28. The molecule has 142 valence electrons. The van der Waals surface area contributed by atoms with Crippen molar-refractivity contribution in [2.75, 3.05) is 0 Å². The molecule has 0 unspecified atom stereocenters. The van der Waals surface area contributed by atoms with Gasteiger partial charge in [-0.15, -0.1) is 0 Å². The number of benzene rings is 3. The molecule has 4 aromatic rings. The van der Waals surface area contributed by atoms with Crippen LogP contribution in [-0.2, 0) is 6.54 Å². The monoisotopic (exact) mass is 442 g/mol. The topological polar surface area (TPSA) is 26.5 Å². The van der Waals surface area contributed by atoms with E-state index in [-0.39, 0.29) is 5.75 Å². The maximum atomic E-state index is 12.6. The molecule has 0 amide bonds. The molecule has 28 heavy (non-hydrogen) atoms. The van der Waals surface area contributed by atoms with Gasteiger partial charge in [-0.1, -0.05) is 34.1 Å². The van der Waals surface area contributed by atoms with E-state index in [0.29, 0.717) is 5.56 Å². The molecule has 0 aliphatic rings. The summed E-state index contributed by atoms with van der Waals surface area (Å²) in [4.78, 5) is 4.50. The SMILES string of the molecule is CCn1c2ccccc2c2cc(N=Cc3cc(Br)ccc3OC(F)F)ccc21. The molecule has 0 fully saturated rings. The van der Waals surface area contributed by atoms with Crippen LogP contribution in [0.15, 0.2) is 70.1 Å². The van der Waals surface area contributed by atoms with Crippen molar-refractivity contribution < 1.29 is 13.5 Å². The van der Waals surface area contributed by atoms with Crippen LogP contribution in [0.1, 0.15) is 12.5 Å². The first kappa shape index (κ1) is 18.6. The van der Waals surface area contributed by atoms with E-state index in [0.717, 1.165) is 27.6 Å². The summed E-state index contributed by atoms with van der Waals surface area (Å²) < 4.78 is 32.9. The number of alkyl halides is 2. The summed E-state index contributed by atoms with van der Waals surface area (Å²) in [6, 6.07) is 19.1. The van der Waals surface area contributed by atoms with Gasteiger partial charge in [0.2, 0.25) is 0 Å². The third-order valence-corrected chi connectivity index (χ3v) is 5.11. The molecule has 0 bridgehead atoms. The van der Waals surface area contributed by atoms with Crippen LogP contribution in [-0.4, -0.2) is 17.4 Å². The Morgan fingerprint density at radius 3 is 2.61 bits per heavy atom. The van der Waals surface area contributed by atoms with Crippen molar-refractivity contribution in [2.45, 2.75) is 20.1 Å². The summed E-state index contributed by atoms with van der Waals surface area (Å²) in [7, 11) is 0. The molecule has 0 aliphatic carbocycles.